The number of hydrogen-bond acceptors (Lipinski definition) is 4. The number of halogens is 6. The zero-order valence-corrected chi connectivity index (χ0v) is 19.8. The van der Waals surface area contributed by atoms with Crippen molar-refractivity contribution in [3.8, 4) is 11.3 Å². The largest absolute Gasteiger partial charge is 0.451 e. The van der Waals surface area contributed by atoms with Crippen molar-refractivity contribution in [2.24, 2.45) is 0 Å². The van der Waals surface area contributed by atoms with E-state index < -0.39 is 56.8 Å². The molecule has 0 saturated carbocycles. The number of carbonyl (C=O) groups is 1. The van der Waals surface area contributed by atoms with Crippen molar-refractivity contribution >= 4 is 37.5 Å². The Kier molecular flexibility index (Phi) is 7.08. The highest BCUT2D eigenvalue weighted by Gasteiger charge is 2.40. The molecule has 6 nitrogen and oxygen atoms in total. The van der Waals surface area contributed by atoms with Gasteiger partial charge in [-0.1, -0.05) is 28.1 Å². The van der Waals surface area contributed by atoms with Gasteiger partial charge in [-0.05, 0) is 42.8 Å². The van der Waals surface area contributed by atoms with Gasteiger partial charge in [-0.25, -0.2) is 17.2 Å². The summed E-state index contributed by atoms with van der Waals surface area (Å²) in [5.41, 5.74) is -1.59. The predicted molar refractivity (Wildman–Crippen MR) is 118 cm³/mol. The lowest BCUT2D eigenvalue weighted by atomic mass is 10.1. The minimum atomic E-state index is -4.99. The highest BCUT2D eigenvalue weighted by Crippen LogP contribution is 2.37. The van der Waals surface area contributed by atoms with E-state index in [1.807, 2.05) is 0 Å². The number of anilines is 1. The van der Waals surface area contributed by atoms with E-state index in [0.29, 0.717) is 16.3 Å². The third-order valence-electron chi connectivity index (χ3n) is 4.56. The lowest BCUT2D eigenvalue weighted by molar-refractivity contribution is -0.153. The summed E-state index contributed by atoms with van der Waals surface area (Å²) in [6.07, 6.45) is -4.28. The first kappa shape index (κ1) is 25.7. The second-order valence-corrected chi connectivity index (χ2v) is 9.95. The molecule has 3 rings (SSSR count). The monoisotopic (exact) mass is 566 g/mol. The van der Waals surface area contributed by atoms with E-state index in [4.69, 9.17) is 4.42 Å². The van der Waals surface area contributed by atoms with Crippen LogP contribution in [0, 0.1) is 11.6 Å². The van der Waals surface area contributed by atoms with Gasteiger partial charge in [0.2, 0.25) is 15.8 Å². The van der Waals surface area contributed by atoms with E-state index in [1.165, 1.54) is 19.1 Å². The van der Waals surface area contributed by atoms with E-state index in [1.54, 1.807) is 16.9 Å². The van der Waals surface area contributed by atoms with E-state index in [9.17, 15) is 35.2 Å². The van der Waals surface area contributed by atoms with Crippen molar-refractivity contribution in [2.45, 2.75) is 19.1 Å². The highest BCUT2D eigenvalue weighted by molar-refractivity contribution is 9.10. The van der Waals surface area contributed by atoms with Gasteiger partial charge in [0, 0.05) is 10.0 Å². The zero-order chi connectivity index (χ0) is 25.4. The van der Waals surface area contributed by atoms with Crippen LogP contribution in [0.1, 0.15) is 34.6 Å². The molecule has 1 amide bonds. The molecular formula is C21H16BrF5N2O4S. The Labute approximate surface area is 199 Å². The van der Waals surface area contributed by atoms with Gasteiger partial charge in [-0.2, -0.15) is 13.2 Å². The maximum atomic E-state index is 14.3. The van der Waals surface area contributed by atoms with Crippen LogP contribution in [-0.2, 0) is 16.2 Å². The quantitative estimate of drug-likeness (QED) is 0.365. The van der Waals surface area contributed by atoms with Gasteiger partial charge >= 0.3 is 6.18 Å². The van der Waals surface area contributed by atoms with Crippen LogP contribution in [0.5, 0.6) is 0 Å². The standard InChI is InChI=1S/C21H16BrF5N2O4S/c1-10(12-7-15(23)18(16(24)8-12)29-34(2,31)32)28-20(30)14-9-17(33-19(14)21(25,26)27)11-3-5-13(22)6-4-11/h3-10,29H,1-2H3,(H,28,30)/t10-/m1/s1. The molecule has 34 heavy (non-hydrogen) atoms. The Hall–Kier alpha value is -2.93. The third-order valence-corrected chi connectivity index (χ3v) is 5.67. The summed E-state index contributed by atoms with van der Waals surface area (Å²) in [7, 11) is -3.97. The van der Waals surface area contributed by atoms with Crippen LogP contribution in [0.15, 0.2) is 51.4 Å². The van der Waals surface area contributed by atoms with Crippen molar-refractivity contribution in [3.05, 3.63) is 75.5 Å². The van der Waals surface area contributed by atoms with Gasteiger partial charge in [-0.3, -0.25) is 9.52 Å². The number of alkyl halides is 3. The van der Waals surface area contributed by atoms with Crippen LogP contribution in [0.2, 0.25) is 0 Å². The molecule has 13 heteroatoms. The molecule has 0 aliphatic carbocycles. The van der Waals surface area contributed by atoms with Crippen molar-refractivity contribution in [3.63, 3.8) is 0 Å². The van der Waals surface area contributed by atoms with Crippen LogP contribution >= 0.6 is 15.9 Å². The maximum Gasteiger partial charge on any atom is 0.450 e. The van der Waals surface area contributed by atoms with Crippen molar-refractivity contribution in [2.75, 3.05) is 11.0 Å². The Morgan fingerprint density at radius 1 is 1.06 bits per heavy atom. The minimum Gasteiger partial charge on any atom is -0.451 e. The average molecular weight is 567 g/mol. The van der Waals surface area contributed by atoms with Crippen molar-refractivity contribution in [1.82, 2.24) is 5.32 Å². The summed E-state index contributed by atoms with van der Waals surface area (Å²) in [5.74, 6) is -5.45. The van der Waals surface area contributed by atoms with Gasteiger partial charge in [0.05, 0.1) is 17.9 Å². The molecule has 1 atom stereocenters. The molecule has 1 heterocycles. The lowest BCUT2D eigenvalue weighted by Crippen LogP contribution is -2.28. The van der Waals surface area contributed by atoms with E-state index >= 15 is 0 Å². The second-order valence-electron chi connectivity index (χ2n) is 7.29. The molecular weight excluding hydrogens is 551 g/mol. The number of rotatable bonds is 6. The molecule has 0 aliphatic rings. The number of carbonyl (C=O) groups excluding carboxylic acids is 1. The minimum absolute atomic E-state index is 0.146. The molecule has 0 aliphatic heterocycles. The first-order valence-electron chi connectivity index (χ1n) is 9.40. The fourth-order valence-corrected chi connectivity index (χ4v) is 3.84. The SMILES string of the molecule is C[C@@H](NC(=O)c1cc(-c2ccc(Br)cc2)oc1C(F)(F)F)c1cc(F)c(NS(C)(=O)=O)c(F)c1. The molecule has 182 valence electrons. The smallest absolute Gasteiger partial charge is 0.450 e. The summed E-state index contributed by atoms with van der Waals surface area (Å²) in [5, 5.41) is 2.24. The molecule has 0 spiro atoms. The Balaban J connectivity index is 1.91. The number of hydrogen-bond donors (Lipinski definition) is 2. The van der Waals surface area contributed by atoms with E-state index in [0.717, 1.165) is 18.2 Å². The molecule has 2 aromatic carbocycles. The Morgan fingerprint density at radius 2 is 1.62 bits per heavy atom. The molecule has 1 aromatic heterocycles. The Morgan fingerprint density at radius 3 is 2.12 bits per heavy atom. The summed E-state index contributed by atoms with van der Waals surface area (Å²) in [4.78, 5) is 12.7. The molecule has 2 N–H and O–H groups in total. The third kappa shape index (κ3) is 5.95. The van der Waals surface area contributed by atoms with Gasteiger partial charge in [0.1, 0.15) is 11.4 Å². The van der Waals surface area contributed by atoms with Gasteiger partial charge in [0.25, 0.3) is 5.91 Å². The first-order valence-corrected chi connectivity index (χ1v) is 12.1. The van der Waals surface area contributed by atoms with E-state index in [-0.39, 0.29) is 11.3 Å². The topological polar surface area (TPSA) is 88.4 Å². The normalized spacial score (nSPS) is 12.9. The average Bonchev–Trinajstić information content (AvgIpc) is 3.16. The van der Waals surface area contributed by atoms with Crippen LogP contribution in [0.4, 0.5) is 27.6 Å². The van der Waals surface area contributed by atoms with Gasteiger partial charge in [0.15, 0.2) is 11.6 Å². The number of nitrogens with one attached hydrogen (secondary N) is 2. The number of sulfonamides is 1. The van der Waals surface area contributed by atoms with Gasteiger partial charge in [-0.15, -0.1) is 0 Å². The fraction of sp³-hybridized carbons (Fsp3) is 0.190. The molecule has 0 radical (unpaired) electrons. The molecule has 0 saturated heterocycles. The number of furan rings is 1. The Bertz CT molecular complexity index is 1320. The van der Waals surface area contributed by atoms with Crippen LogP contribution < -0.4 is 10.0 Å². The second kappa shape index (κ2) is 9.37. The molecule has 0 fully saturated rings. The van der Waals surface area contributed by atoms with E-state index in [2.05, 4.69) is 21.2 Å². The number of benzene rings is 2. The molecule has 0 unspecified atom stereocenters. The first-order chi connectivity index (χ1) is 15.7. The highest BCUT2D eigenvalue weighted by atomic mass is 79.9. The summed E-state index contributed by atoms with van der Waals surface area (Å²) in [6.45, 7) is 1.29. The van der Waals surface area contributed by atoms with Crippen molar-refractivity contribution < 1.29 is 39.6 Å². The maximum absolute atomic E-state index is 14.3. The van der Waals surface area contributed by atoms with Crippen LogP contribution in [0.25, 0.3) is 11.3 Å². The van der Waals surface area contributed by atoms with Crippen LogP contribution in [0.3, 0.4) is 0 Å². The van der Waals surface area contributed by atoms with Gasteiger partial charge < -0.3 is 9.73 Å². The zero-order valence-electron chi connectivity index (χ0n) is 17.4. The molecule has 3 aromatic rings. The summed E-state index contributed by atoms with van der Waals surface area (Å²) < 4.78 is 98.9. The number of amides is 1. The lowest BCUT2D eigenvalue weighted by Gasteiger charge is -2.16. The predicted octanol–water partition coefficient (Wildman–Crippen LogP) is 5.87. The molecule has 0 bridgehead atoms. The summed E-state index contributed by atoms with van der Waals surface area (Å²) in [6, 6.07) is 7.45. The van der Waals surface area contributed by atoms with Crippen LogP contribution in [-0.4, -0.2) is 20.6 Å². The summed E-state index contributed by atoms with van der Waals surface area (Å²) >= 11 is 3.21. The fourth-order valence-electron chi connectivity index (χ4n) is 3.01. The van der Waals surface area contributed by atoms with Crippen molar-refractivity contribution in [1.29, 1.82) is 0 Å².